The Hall–Kier alpha value is -3.44. The zero-order valence-electron chi connectivity index (χ0n) is 21.3. The first kappa shape index (κ1) is 24.9. The normalized spacial score (nSPS) is 25.0. The van der Waals surface area contributed by atoms with Crippen molar-refractivity contribution in [3.8, 4) is 11.3 Å². The molecule has 2 aliphatic heterocycles. The Kier molecular flexibility index (Phi) is 6.79. The lowest BCUT2D eigenvalue weighted by molar-refractivity contribution is -0.0370. The van der Waals surface area contributed by atoms with Crippen molar-refractivity contribution >= 4 is 23.2 Å². The van der Waals surface area contributed by atoms with Crippen LogP contribution in [-0.2, 0) is 9.47 Å². The number of aromatic nitrogens is 4. The van der Waals surface area contributed by atoms with Crippen molar-refractivity contribution < 1.29 is 18.3 Å². The third kappa shape index (κ3) is 5.00. The summed E-state index contributed by atoms with van der Waals surface area (Å²) in [5, 5.41) is 5.14. The number of nitrogens with two attached hydrogens (primary N) is 1. The van der Waals surface area contributed by atoms with Gasteiger partial charge in [0.15, 0.2) is 11.9 Å². The average Bonchev–Trinajstić information content (AvgIpc) is 3.65. The fraction of sp³-hybridized carbons (Fsp3) is 0.481. The van der Waals surface area contributed by atoms with Gasteiger partial charge in [-0.3, -0.25) is 4.99 Å². The molecular weight excluding hydrogens is 492 g/mol. The van der Waals surface area contributed by atoms with E-state index in [1.54, 1.807) is 17.1 Å². The number of morpholine rings is 1. The van der Waals surface area contributed by atoms with Gasteiger partial charge in [0, 0.05) is 42.8 Å². The minimum Gasteiger partial charge on any atom is -0.404 e. The SMILES string of the molecule is C[C@@H]1CN(c2nc(-c3ccc(F)cc3F)c3cnn(C4CCCCO4)c3n2)C[C@H](/C(C=NC2CC2)=C/N)O1. The number of hydrogen-bond donors (Lipinski definition) is 1. The summed E-state index contributed by atoms with van der Waals surface area (Å²) >= 11 is 0. The number of hydrogen-bond acceptors (Lipinski definition) is 8. The fourth-order valence-corrected chi connectivity index (χ4v) is 5.02. The van der Waals surface area contributed by atoms with E-state index < -0.39 is 11.6 Å². The standard InChI is InChI=1S/C27H31F2N7O2/c1-16-14-35(15-23(38-16)17(11-30)12-31-19-6-7-19)27-33-25(20-8-5-18(28)10-22(20)29)21-13-32-36(26(21)34-27)24-4-2-3-9-37-24/h5,8,10-13,16,19,23-24H,2-4,6-7,9,14-15,30H2,1H3/b17-11+,31-12?/t16-,23-,24?/m1/s1. The molecule has 0 radical (unpaired) electrons. The second-order valence-electron chi connectivity index (χ2n) is 10.2. The molecule has 4 heterocycles. The van der Waals surface area contributed by atoms with Crippen LogP contribution in [0.2, 0.25) is 0 Å². The predicted molar refractivity (Wildman–Crippen MR) is 140 cm³/mol. The summed E-state index contributed by atoms with van der Waals surface area (Å²) in [6.07, 6.45) is 9.23. The Balaban J connectivity index is 1.42. The number of rotatable bonds is 6. The van der Waals surface area contributed by atoms with Gasteiger partial charge < -0.3 is 20.1 Å². The number of ether oxygens (including phenoxy) is 2. The molecule has 1 aliphatic carbocycles. The molecule has 2 aromatic heterocycles. The van der Waals surface area contributed by atoms with Crippen LogP contribution in [0.25, 0.3) is 22.3 Å². The molecule has 11 heteroatoms. The van der Waals surface area contributed by atoms with Gasteiger partial charge in [-0.05, 0) is 51.2 Å². The van der Waals surface area contributed by atoms with E-state index in [4.69, 9.17) is 25.2 Å². The van der Waals surface area contributed by atoms with Crippen LogP contribution in [0.15, 0.2) is 41.2 Å². The van der Waals surface area contributed by atoms with E-state index in [0.29, 0.717) is 48.4 Å². The van der Waals surface area contributed by atoms with E-state index in [9.17, 15) is 4.39 Å². The molecule has 3 atom stereocenters. The highest BCUT2D eigenvalue weighted by Crippen LogP contribution is 2.34. The summed E-state index contributed by atoms with van der Waals surface area (Å²) in [5.41, 5.74) is 7.82. The summed E-state index contributed by atoms with van der Waals surface area (Å²) in [6, 6.07) is 3.86. The molecule has 0 bridgehead atoms. The van der Waals surface area contributed by atoms with Gasteiger partial charge in [0.05, 0.1) is 36.0 Å². The summed E-state index contributed by atoms with van der Waals surface area (Å²) in [7, 11) is 0. The van der Waals surface area contributed by atoms with Crippen molar-refractivity contribution in [3.05, 3.63) is 47.8 Å². The van der Waals surface area contributed by atoms with Crippen molar-refractivity contribution in [2.24, 2.45) is 10.7 Å². The van der Waals surface area contributed by atoms with Crippen molar-refractivity contribution in [1.82, 2.24) is 19.7 Å². The highest BCUT2D eigenvalue weighted by atomic mass is 19.1. The zero-order valence-corrected chi connectivity index (χ0v) is 21.3. The number of halogens is 2. The lowest BCUT2D eigenvalue weighted by Crippen LogP contribution is -2.48. The van der Waals surface area contributed by atoms with Crippen LogP contribution >= 0.6 is 0 Å². The van der Waals surface area contributed by atoms with Crippen LogP contribution < -0.4 is 10.6 Å². The molecule has 1 aromatic carbocycles. The number of nitrogens with zero attached hydrogens (tertiary/aromatic N) is 6. The molecular formula is C27H31F2N7O2. The van der Waals surface area contributed by atoms with Gasteiger partial charge >= 0.3 is 0 Å². The maximum Gasteiger partial charge on any atom is 0.228 e. The quantitative estimate of drug-likeness (QED) is 0.485. The first-order valence-corrected chi connectivity index (χ1v) is 13.2. The van der Waals surface area contributed by atoms with Gasteiger partial charge in [-0.25, -0.2) is 18.4 Å². The molecule has 3 fully saturated rings. The minimum absolute atomic E-state index is 0.144. The lowest BCUT2D eigenvalue weighted by Gasteiger charge is -2.37. The summed E-state index contributed by atoms with van der Waals surface area (Å²) in [4.78, 5) is 16.3. The number of anilines is 1. The smallest absolute Gasteiger partial charge is 0.228 e. The topological polar surface area (TPSA) is 104 Å². The van der Waals surface area contributed by atoms with E-state index in [-0.39, 0.29) is 24.0 Å². The summed E-state index contributed by atoms with van der Waals surface area (Å²) in [5.74, 6) is -0.943. The van der Waals surface area contributed by atoms with Crippen LogP contribution in [-0.4, -0.2) is 63.9 Å². The molecule has 200 valence electrons. The second-order valence-corrected chi connectivity index (χ2v) is 10.2. The average molecular weight is 524 g/mol. The highest BCUT2D eigenvalue weighted by Gasteiger charge is 2.31. The third-order valence-electron chi connectivity index (χ3n) is 7.15. The maximum absolute atomic E-state index is 15.0. The Morgan fingerprint density at radius 3 is 2.76 bits per heavy atom. The van der Waals surface area contributed by atoms with Crippen molar-refractivity contribution in [3.63, 3.8) is 0 Å². The molecule has 9 nitrogen and oxygen atoms in total. The monoisotopic (exact) mass is 523 g/mol. The highest BCUT2D eigenvalue weighted by molar-refractivity contribution is 5.91. The molecule has 6 rings (SSSR count). The second kappa shape index (κ2) is 10.4. The lowest BCUT2D eigenvalue weighted by atomic mass is 10.1. The van der Waals surface area contributed by atoms with E-state index >= 15 is 4.39 Å². The Bertz CT molecular complexity index is 1380. The van der Waals surface area contributed by atoms with Crippen molar-refractivity contribution in [1.29, 1.82) is 0 Å². The number of benzene rings is 1. The molecule has 38 heavy (non-hydrogen) atoms. The van der Waals surface area contributed by atoms with E-state index in [0.717, 1.165) is 43.7 Å². The van der Waals surface area contributed by atoms with Crippen LogP contribution in [0.4, 0.5) is 14.7 Å². The Morgan fingerprint density at radius 1 is 1.16 bits per heavy atom. The molecule has 0 spiro atoms. The predicted octanol–water partition coefficient (Wildman–Crippen LogP) is 4.14. The van der Waals surface area contributed by atoms with Gasteiger partial charge in [-0.15, -0.1) is 0 Å². The molecule has 3 aliphatic rings. The van der Waals surface area contributed by atoms with Crippen LogP contribution in [0.3, 0.4) is 0 Å². The van der Waals surface area contributed by atoms with E-state index in [1.807, 2.05) is 11.8 Å². The molecule has 1 saturated carbocycles. The summed E-state index contributed by atoms with van der Waals surface area (Å²) < 4.78 is 42.7. The Morgan fingerprint density at radius 2 is 2.03 bits per heavy atom. The van der Waals surface area contributed by atoms with E-state index in [1.165, 1.54) is 18.3 Å². The molecule has 1 unspecified atom stereocenters. The molecule has 0 amide bonds. The molecule has 3 aromatic rings. The minimum atomic E-state index is -0.699. The number of aliphatic imine (C=N–C) groups is 1. The van der Waals surface area contributed by atoms with Gasteiger partial charge in [-0.2, -0.15) is 10.1 Å². The fourth-order valence-electron chi connectivity index (χ4n) is 5.02. The largest absolute Gasteiger partial charge is 0.404 e. The van der Waals surface area contributed by atoms with Crippen LogP contribution in [0.5, 0.6) is 0 Å². The molecule has 2 saturated heterocycles. The third-order valence-corrected chi connectivity index (χ3v) is 7.15. The Labute approximate surface area is 219 Å². The first-order valence-electron chi connectivity index (χ1n) is 13.2. The van der Waals surface area contributed by atoms with Gasteiger partial charge in [0.25, 0.3) is 0 Å². The van der Waals surface area contributed by atoms with Gasteiger partial charge in [0.2, 0.25) is 5.95 Å². The van der Waals surface area contributed by atoms with E-state index in [2.05, 4.69) is 10.1 Å². The van der Waals surface area contributed by atoms with Crippen LogP contribution in [0.1, 0.15) is 45.3 Å². The summed E-state index contributed by atoms with van der Waals surface area (Å²) in [6.45, 7) is 3.58. The van der Waals surface area contributed by atoms with Gasteiger partial charge in [-0.1, -0.05) is 0 Å². The maximum atomic E-state index is 15.0. The first-order chi connectivity index (χ1) is 18.5. The van der Waals surface area contributed by atoms with Crippen LogP contribution in [0, 0.1) is 11.6 Å². The van der Waals surface area contributed by atoms with Crippen molar-refractivity contribution in [2.75, 3.05) is 24.6 Å². The van der Waals surface area contributed by atoms with Gasteiger partial charge in [0.1, 0.15) is 17.7 Å². The molecule has 2 N–H and O–H groups in total. The number of fused-ring (bicyclic) bond motifs is 1. The van der Waals surface area contributed by atoms with Crippen molar-refractivity contribution in [2.45, 2.75) is 63.5 Å². The zero-order chi connectivity index (χ0) is 26.2.